The second-order valence-corrected chi connectivity index (χ2v) is 11.1. The van der Waals surface area contributed by atoms with Crippen LogP contribution in [-0.4, -0.2) is 56.4 Å². The van der Waals surface area contributed by atoms with Crippen LogP contribution >= 0.6 is 0 Å². The number of piperidine rings is 1. The quantitative estimate of drug-likeness (QED) is 0.644. The van der Waals surface area contributed by atoms with E-state index in [1.54, 1.807) is 12.1 Å². The molecule has 5 rings (SSSR count). The number of nitrogens with zero attached hydrogens (tertiary/aromatic N) is 3. The van der Waals surface area contributed by atoms with Gasteiger partial charge in [0.2, 0.25) is 15.9 Å². The first-order valence-electron chi connectivity index (χ1n) is 12.2. The number of sulfonamides is 1. The van der Waals surface area contributed by atoms with Gasteiger partial charge in [0.25, 0.3) is 0 Å². The number of rotatable bonds is 4. The van der Waals surface area contributed by atoms with Gasteiger partial charge < -0.3 is 14.4 Å². The first-order valence-corrected chi connectivity index (χ1v) is 13.6. The highest BCUT2D eigenvalue weighted by atomic mass is 32.2. The van der Waals surface area contributed by atoms with E-state index in [0.717, 1.165) is 36.3 Å². The largest absolute Gasteiger partial charge is 0.490 e. The standard InChI is InChI=1S/C26H29N3O5S/c27-18-21-5-1-2-7-25(21)35(31,32)28-13-10-19(11-14-28)26(30)29-12-3-6-22(29)20-8-9-23-24(17-20)34-16-4-15-33-23/h1-2,5,7-9,17,19,22H,3-4,6,10-16H2. The summed E-state index contributed by atoms with van der Waals surface area (Å²) in [4.78, 5) is 15.5. The number of nitriles is 1. The molecule has 2 saturated heterocycles. The Kier molecular flexibility index (Phi) is 6.67. The Morgan fingerprint density at radius 1 is 0.943 bits per heavy atom. The summed E-state index contributed by atoms with van der Waals surface area (Å²) in [6, 6.07) is 14.2. The maximum Gasteiger partial charge on any atom is 0.244 e. The molecular formula is C26H29N3O5S. The minimum Gasteiger partial charge on any atom is -0.490 e. The molecule has 1 amide bonds. The molecule has 184 valence electrons. The number of hydrogen-bond donors (Lipinski definition) is 0. The zero-order valence-electron chi connectivity index (χ0n) is 19.6. The van der Waals surface area contributed by atoms with Crippen LogP contribution in [0.1, 0.15) is 49.3 Å². The van der Waals surface area contributed by atoms with Crippen molar-refractivity contribution in [3.8, 4) is 17.6 Å². The average Bonchev–Trinajstić information content (AvgIpc) is 3.26. The van der Waals surface area contributed by atoms with E-state index in [0.29, 0.717) is 32.6 Å². The fourth-order valence-electron chi connectivity index (χ4n) is 5.26. The molecule has 0 bridgehead atoms. The first-order chi connectivity index (χ1) is 17.0. The molecule has 2 aromatic carbocycles. The normalized spacial score (nSPS) is 21.3. The maximum atomic E-state index is 13.5. The number of carbonyl (C=O) groups excluding carboxylic acids is 1. The molecule has 0 N–H and O–H groups in total. The fourth-order valence-corrected chi connectivity index (χ4v) is 6.88. The van der Waals surface area contributed by atoms with Crippen molar-refractivity contribution in [3.05, 3.63) is 53.6 Å². The summed E-state index contributed by atoms with van der Waals surface area (Å²) in [5, 5.41) is 9.32. The van der Waals surface area contributed by atoms with Gasteiger partial charge in [0, 0.05) is 32.0 Å². The minimum atomic E-state index is -3.78. The lowest BCUT2D eigenvalue weighted by Gasteiger charge is -2.34. The van der Waals surface area contributed by atoms with Crippen molar-refractivity contribution in [3.63, 3.8) is 0 Å². The summed E-state index contributed by atoms with van der Waals surface area (Å²) in [5.74, 6) is 1.35. The molecule has 9 heteroatoms. The Morgan fingerprint density at radius 3 is 2.46 bits per heavy atom. The fraction of sp³-hybridized carbons (Fsp3) is 0.462. The minimum absolute atomic E-state index is 0.0103. The van der Waals surface area contributed by atoms with E-state index in [4.69, 9.17) is 9.47 Å². The van der Waals surface area contributed by atoms with Crippen LogP contribution in [0.5, 0.6) is 11.5 Å². The Bertz CT molecular complexity index is 1250. The predicted octanol–water partition coefficient (Wildman–Crippen LogP) is 3.48. The number of benzene rings is 2. The molecule has 8 nitrogen and oxygen atoms in total. The number of likely N-dealkylation sites (tertiary alicyclic amines) is 1. The zero-order chi connectivity index (χ0) is 24.4. The summed E-state index contributed by atoms with van der Waals surface area (Å²) in [5.41, 5.74) is 1.19. The predicted molar refractivity (Wildman–Crippen MR) is 128 cm³/mol. The van der Waals surface area contributed by atoms with Gasteiger partial charge in [-0.2, -0.15) is 9.57 Å². The Morgan fingerprint density at radius 2 is 1.69 bits per heavy atom. The van der Waals surface area contributed by atoms with Crippen molar-refractivity contribution in [1.29, 1.82) is 5.26 Å². The van der Waals surface area contributed by atoms with Gasteiger partial charge in [-0.1, -0.05) is 18.2 Å². The van der Waals surface area contributed by atoms with E-state index >= 15 is 0 Å². The topological polar surface area (TPSA) is 99.9 Å². The van der Waals surface area contributed by atoms with Crippen molar-refractivity contribution < 1.29 is 22.7 Å². The molecule has 0 spiro atoms. The molecular weight excluding hydrogens is 466 g/mol. The highest BCUT2D eigenvalue weighted by Gasteiger charge is 2.38. The van der Waals surface area contributed by atoms with Crippen LogP contribution in [0.3, 0.4) is 0 Å². The van der Waals surface area contributed by atoms with Gasteiger partial charge in [0.05, 0.1) is 29.7 Å². The molecule has 1 unspecified atom stereocenters. The smallest absolute Gasteiger partial charge is 0.244 e. The molecule has 3 aliphatic heterocycles. The number of hydrogen-bond acceptors (Lipinski definition) is 6. The Labute approximate surface area is 206 Å². The van der Waals surface area contributed by atoms with Gasteiger partial charge in [0.15, 0.2) is 11.5 Å². The van der Waals surface area contributed by atoms with Crippen molar-refractivity contribution in [1.82, 2.24) is 9.21 Å². The third-order valence-corrected chi connectivity index (χ3v) is 9.08. The molecule has 3 heterocycles. The third kappa shape index (κ3) is 4.60. The summed E-state index contributed by atoms with van der Waals surface area (Å²) < 4.78 is 39.3. The highest BCUT2D eigenvalue weighted by Crippen LogP contribution is 2.39. The van der Waals surface area contributed by atoms with Crippen LogP contribution in [0.15, 0.2) is 47.4 Å². The van der Waals surface area contributed by atoms with E-state index in [-0.39, 0.29) is 41.4 Å². The third-order valence-electron chi connectivity index (χ3n) is 7.12. The van der Waals surface area contributed by atoms with E-state index in [1.807, 2.05) is 29.2 Å². The van der Waals surface area contributed by atoms with Gasteiger partial charge >= 0.3 is 0 Å². The van der Waals surface area contributed by atoms with Crippen molar-refractivity contribution in [2.24, 2.45) is 5.92 Å². The lowest BCUT2D eigenvalue weighted by molar-refractivity contribution is -0.137. The molecule has 0 radical (unpaired) electrons. The molecule has 0 aromatic heterocycles. The van der Waals surface area contributed by atoms with Crippen LogP contribution < -0.4 is 9.47 Å². The van der Waals surface area contributed by atoms with Crippen molar-refractivity contribution in [2.75, 3.05) is 32.8 Å². The van der Waals surface area contributed by atoms with E-state index in [9.17, 15) is 18.5 Å². The molecule has 0 aliphatic carbocycles. The number of carbonyl (C=O) groups is 1. The summed E-state index contributed by atoms with van der Waals surface area (Å²) in [7, 11) is -3.78. The molecule has 0 saturated carbocycles. The molecule has 1 atom stereocenters. The number of fused-ring (bicyclic) bond motifs is 1. The summed E-state index contributed by atoms with van der Waals surface area (Å²) in [6.07, 6.45) is 3.61. The Hall–Kier alpha value is -3.09. The Balaban J connectivity index is 1.27. The summed E-state index contributed by atoms with van der Waals surface area (Å²) in [6.45, 7) is 2.48. The second kappa shape index (κ2) is 9.88. The van der Waals surface area contributed by atoms with Crippen LogP contribution in [0, 0.1) is 17.2 Å². The first kappa shape index (κ1) is 23.6. The van der Waals surface area contributed by atoms with Gasteiger partial charge in [0.1, 0.15) is 6.07 Å². The SMILES string of the molecule is N#Cc1ccccc1S(=O)(=O)N1CCC(C(=O)N2CCCC2c2ccc3c(c2)OCCCO3)CC1. The molecule has 3 aliphatic rings. The lowest BCUT2D eigenvalue weighted by Crippen LogP contribution is -2.44. The van der Waals surface area contributed by atoms with Gasteiger partial charge in [-0.05, 0) is 55.5 Å². The van der Waals surface area contributed by atoms with E-state index in [1.165, 1.54) is 16.4 Å². The lowest BCUT2D eigenvalue weighted by atomic mass is 9.95. The zero-order valence-corrected chi connectivity index (χ0v) is 20.4. The van der Waals surface area contributed by atoms with E-state index < -0.39 is 10.0 Å². The number of amides is 1. The van der Waals surface area contributed by atoms with Gasteiger partial charge in [-0.3, -0.25) is 4.79 Å². The average molecular weight is 496 g/mol. The van der Waals surface area contributed by atoms with Crippen LogP contribution in [0.25, 0.3) is 0 Å². The van der Waals surface area contributed by atoms with Gasteiger partial charge in [-0.15, -0.1) is 0 Å². The monoisotopic (exact) mass is 495 g/mol. The van der Waals surface area contributed by atoms with Crippen LogP contribution in [-0.2, 0) is 14.8 Å². The van der Waals surface area contributed by atoms with Gasteiger partial charge in [-0.25, -0.2) is 8.42 Å². The molecule has 2 fully saturated rings. The molecule has 2 aromatic rings. The highest BCUT2D eigenvalue weighted by molar-refractivity contribution is 7.89. The van der Waals surface area contributed by atoms with E-state index in [2.05, 4.69) is 0 Å². The number of ether oxygens (including phenoxy) is 2. The van der Waals surface area contributed by atoms with Crippen LogP contribution in [0.4, 0.5) is 0 Å². The molecule has 35 heavy (non-hydrogen) atoms. The maximum absolute atomic E-state index is 13.5. The van der Waals surface area contributed by atoms with Crippen LogP contribution in [0.2, 0.25) is 0 Å². The summed E-state index contributed by atoms with van der Waals surface area (Å²) >= 11 is 0. The van der Waals surface area contributed by atoms with Crippen molar-refractivity contribution >= 4 is 15.9 Å². The van der Waals surface area contributed by atoms with Crippen molar-refractivity contribution in [2.45, 2.75) is 43.0 Å². The second-order valence-electron chi connectivity index (χ2n) is 9.23.